The van der Waals surface area contributed by atoms with Gasteiger partial charge in [0, 0.05) is 17.3 Å². The van der Waals surface area contributed by atoms with Crippen LogP contribution in [0.2, 0.25) is 0 Å². The van der Waals surface area contributed by atoms with Crippen molar-refractivity contribution in [1.82, 2.24) is 5.32 Å². The molecule has 1 aliphatic rings. The number of rotatable bonds is 3. The van der Waals surface area contributed by atoms with Gasteiger partial charge in [-0.1, -0.05) is 0 Å². The fraction of sp³-hybridized carbons (Fsp3) is 0.667. The van der Waals surface area contributed by atoms with Crippen LogP contribution >= 0.6 is 0 Å². The molecule has 1 aliphatic carbocycles. The van der Waals surface area contributed by atoms with Crippen LogP contribution < -0.4 is 11.1 Å². The van der Waals surface area contributed by atoms with Crippen molar-refractivity contribution in [2.75, 3.05) is 0 Å². The number of hydrogen-bond donors (Lipinski definition) is 3. The maximum absolute atomic E-state index is 7.37. The Kier molecular flexibility index (Phi) is 2.74. The summed E-state index contributed by atoms with van der Waals surface area (Å²) < 4.78 is 0. The molecule has 0 bridgehead atoms. The van der Waals surface area contributed by atoms with Crippen LogP contribution in [0.4, 0.5) is 0 Å². The summed E-state index contributed by atoms with van der Waals surface area (Å²) in [7, 11) is 0. The highest BCUT2D eigenvalue weighted by molar-refractivity contribution is 5.95. The molecular formula is C9H17N3. The van der Waals surface area contributed by atoms with E-state index in [1.807, 2.05) is 6.92 Å². The van der Waals surface area contributed by atoms with E-state index in [0.29, 0.717) is 17.6 Å². The normalized spacial score (nSPS) is 19.5. The van der Waals surface area contributed by atoms with Crippen LogP contribution in [0.3, 0.4) is 0 Å². The van der Waals surface area contributed by atoms with Crippen molar-refractivity contribution < 1.29 is 0 Å². The van der Waals surface area contributed by atoms with E-state index in [2.05, 4.69) is 5.32 Å². The van der Waals surface area contributed by atoms with E-state index < -0.39 is 0 Å². The van der Waals surface area contributed by atoms with Gasteiger partial charge in [0.25, 0.3) is 0 Å². The molecule has 1 saturated carbocycles. The van der Waals surface area contributed by atoms with Gasteiger partial charge in [-0.2, -0.15) is 0 Å². The molecule has 0 saturated heterocycles. The maximum Gasteiger partial charge on any atom is 0.101 e. The minimum atomic E-state index is 0.541. The van der Waals surface area contributed by atoms with Crippen molar-refractivity contribution in [1.29, 1.82) is 5.41 Å². The number of nitrogens with one attached hydrogen (secondary N) is 2. The molecule has 1 rings (SSSR count). The molecular weight excluding hydrogens is 150 g/mol. The van der Waals surface area contributed by atoms with Crippen molar-refractivity contribution in [2.45, 2.75) is 39.2 Å². The number of nitrogens with two attached hydrogens (primary N) is 1. The molecule has 12 heavy (non-hydrogen) atoms. The highest BCUT2D eigenvalue weighted by atomic mass is 15.0. The van der Waals surface area contributed by atoms with Gasteiger partial charge in [-0.15, -0.1) is 0 Å². The average Bonchev–Trinajstić information content (AvgIpc) is 1.94. The van der Waals surface area contributed by atoms with E-state index in [1.54, 1.807) is 6.92 Å². The highest BCUT2D eigenvalue weighted by Crippen LogP contribution is 2.18. The second kappa shape index (κ2) is 3.61. The van der Waals surface area contributed by atoms with E-state index in [-0.39, 0.29) is 0 Å². The van der Waals surface area contributed by atoms with Crippen LogP contribution in [0.1, 0.15) is 33.1 Å². The molecule has 4 N–H and O–H groups in total. The summed E-state index contributed by atoms with van der Waals surface area (Å²) in [5, 5.41) is 10.6. The zero-order chi connectivity index (χ0) is 9.14. The predicted octanol–water partition coefficient (Wildman–Crippen LogP) is 1.36. The molecule has 0 aromatic carbocycles. The zero-order valence-electron chi connectivity index (χ0n) is 7.78. The molecule has 3 heteroatoms. The van der Waals surface area contributed by atoms with Crippen LogP contribution in [-0.2, 0) is 0 Å². The lowest BCUT2D eigenvalue weighted by atomic mass is 9.93. The summed E-state index contributed by atoms with van der Waals surface area (Å²) in [6.07, 6.45) is 3.73. The van der Waals surface area contributed by atoms with Gasteiger partial charge >= 0.3 is 0 Å². The van der Waals surface area contributed by atoms with Gasteiger partial charge in [0.1, 0.15) is 5.82 Å². The topological polar surface area (TPSA) is 61.9 Å². The third kappa shape index (κ3) is 2.00. The molecule has 0 spiro atoms. The van der Waals surface area contributed by atoms with Crippen LogP contribution in [0.15, 0.2) is 11.4 Å². The van der Waals surface area contributed by atoms with Gasteiger partial charge in [0.05, 0.1) is 0 Å². The molecule has 0 aromatic rings. The molecule has 68 valence electrons. The quantitative estimate of drug-likeness (QED) is 0.556. The first-order valence-electron chi connectivity index (χ1n) is 4.39. The fourth-order valence-electron chi connectivity index (χ4n) is 1.08. The molecule has 0 heterocycles. The van der Waals surface area contributed by atoms with E-state index in [9.17, 15) is 0 Å². The lowest BCUT2D eigenvalue weighted by molar-refractivity contribution is 0.362. The second-order valence-corrected chi connectivity index (χ2v) is 3.44. The SMILES string of the molecule is CC(=N)/C(C)=C(/N)NC1CCC1. The monoisotopic (exact) mass is 167 g/mol. The molecule has 0 aromatic heterocycles. The average molecular weight is 167 g/mol. The Morgan fingerprint density at radius 3 is 2.33 bits per heavy atom. The minimum Gasteiger partial charge on any atom is -0.385 e. The van der Waals surface area contributed by atoms with E-state index in [4.69, 9.17) is 11.1 Å². The van der Waals surface area contributed by atoms with Crippen molar-refractivity contribution in [3.8, 4) is 0 Å². The third-order valence-electron chi connectivity index (χ3n) is 2.43. The predicted molar refractivity (Wildman–Crippen MR) is 51.1 cm³/mol. The Balaban J connectivity index is 2.48. The lowest BCUT2D eigenvalue weighted by Crippen LogP contribution is -2.38. The molecule has 0 unspecified atom stereocenters. The summed E-state index contributed by atoms with van der Waals surface area (Å²) in [5.74, 6) is 0.673. The lowest BCUT2D eigenvalue weighted by Gasteiger charge is -2.28. The van der Waals surface area contributed by atoms with Crippen LogP contribution in [0.25, 0.3) is 0 Å². The Morgan fingerprint density at radius 1 is 1.42 bits per heavy atom. The molecule has 0 amide bonds. The zero-order valence-corrected chi connectivity index (χ0v) is 7.78. The summed E-state index contributed by atoms with van der Waals surface area (Å²) in [5.41, 5.74) is 7.16. The first-order valence-corrected chi connectivity index (χ1v) is 4.39. The van der Waals surface area contributed by atoms with Crippen LogP contribution in [0.5, 0.6) is 0 Å². The minimum absolute atomic E-state index is 0.541. The summed E-state index contributed by atoms with van der Waals surface area (Å²) in [6.45, 7) is 3.63. The summed E-state index contributed by atoms with van der Waals surface area (Å²) >= 11 is 0. The number of hydrogen-bond acceptors (Lipinski definition) is 3. The Labute approximate surface area is 73.5 Å². The standard InChI is InChI=1S/C9H17N3/c1-6(7(2)10)9(11)12-8-4-3-5-8/h8,10,12H,3-5,11H2,1-2H3/b9-6-,10-7?. The number of allylic oxidation sites excluding steroid dienone is 1. The fourth-order valence-corrected chi connectivity index (χ4v) is 1.08. The molecule has 0 radical (unpaired) electrons. The van der Waals surface area contributed by atoms with E-state index in [1.165, 1.54) is 19.3 Å². The van der Waals surface area contributed by atoms with Crippen molar-refractivity contribution >= 4 is 5.71 Å². The first-order chi connectivity index (χ1) is 5.61. The Hall–Kier alpha value is -0.990. The van der Waals surface area contributed by atoms with Crippen molar-refractivity contribution in [3.05, 3.63) is 11.4 Å². The highest BCUT2D eigenvalue weighted by Gasteiger charge is 2.17. The maximum atomic E-state index is 7.37. The van der Waals surface area contributed by atoms with Crippen LogP contribution in [0, 0.1) is 5.41 Å². The molecule has 3 nitrogen and oxygen atoms in total. The van der Waals surface area contributed by atoms with Crippen molar-refractivity contribution in [3.63, 3.8) is 0 Å². The Bertz CT molecular complexity index is 214. The van der Waals surface area contributed by atoms with Crippen LogP contribution in [-0.4, -0.2) is 11.8 Å². The summed E-state index contributed by atoms with van der Waals surface area (Å²) in [4.78, 5) is 0. The molecule has 0 atom stereocenters. The van der Waals surface area contributed by atoms with Gasteiger partial charge in [-0.05, 0) is 33.1 Å². The van der Waals surface area contributed by atoms with Gasteiger partial charge in [-0.25, -0.2) is 0 Å². The largest absolute Gasteiger partial charge is 0.385 e. The van der Waals surface area contributed by atoms with E-state index >= 15 is 0 Å². The second-order valence-electron chi connectivity index (χ2n) is 3.44. The molecule has 0 aliphatic heterocycles. The van der Waals surface area contributed by atoms with E-state index in [0.717, 1.165) is 5.57 Å². The smallest absolute Gasteiger partial charge is 0.101 e. The van der Waals surface area contributed by atoms with Gasteiger partial charge < -0.3 is 16.5 Å². The van der Waals surface area contributed by atoms with Gasteiger partial charge in [-0.3, -0.25) is 0 Å². The van der Waals surface area contributed by atoms with Gasteiger partial charge in [0.15, 0.2) is 0 Å². The Morgan fingerprint density at radius 2 is 2.00 bits per heavy atom. The first kappa shape index (κ1) is 9.10. The summed E-state index contributed by atoms with van der Waals surface area (Å²) in [6, 6.07) is 0.555. The van der Waals surface area contributed by atoms with Crippen molar-refractivity contribution in [2.24, 2.45) is 5.73 Å². The third-order valence-corrected chi connectivity index (χ3v) is 2.43. The molecule has 1 fully saturated rings. The van der Waals surface area contributed by atoms with Gasteiger partial charge in [0.2, 0.25) is 0 Å².